The van der Waals surface area contributed by atoms with E-state index in [4.69, 9.17) is 35.3 Å². The number of aromatic nitrogens is 1. The number of fused-ring (bicyclic) bond motifs is 1. The fourth-order valence-electron chi connectivity index (χ4n) is 5.40. The molecule has 0 aliphatic carbocycles. The number of rotatable bonds is 14. The Hall–Kier alpha value is -5.40. The van der Waals surface area contributed by atoms with Gasteiger partial charge in [-0.1, -0.05) is 41.1 Å². The first kappa shape index (κ1) is 37.8. The summed E-state index contributed by atoms with van der Waals surface area (Å²) < 4.78 is 34.6. The van der Waals surface area contributed by atoms with Crippen molar-refractivity contribution in [3.05, 3.63) is 119 Å². The van der Waals surface area contributed by atoms with E-state index in [2.05, 4.69) is 9.73 Å². The molecule has 2 heterocycles. The molecule has 1 atom stereocenters. The lowest BCUT2D eigenvalue weighted by molar-refractivity contribution is -0.143. The molecular weight excluding hydrogens is 712 g/mol. The Balaban J connectivity index is 1.56. The monoisotopic (exact) mass is 748 g/mol. The van der Waals surface area contributed by atoms with E-state index < -0.39 is 29.5 Å². The number of ether oxygens (including phenoxy) is 6. The van der Waals surface area contributed by atoms with Gasteiger partial charge in [0.25, 0.3) is 5.56 Å². The number of hydrogen-bond donors (Lipinski definition) is 0. The predicted molar refractivity (Wildman–Crippen MR) is 194 cm³/mol. The number of hydrogen-bond acceptors (Lipinski definition) is 12. The van der Waals surface area contributed by atoms with Crippen molar-refractivity contribution >= 4 is 46.9 Å². The maximum Gasteiger partial charge on any atom is 0.343 e. The van der Waals surface area contributed by atoms with Crippen LogP contribution in [0.15, 0.2) is 81.7 Å². The molecule has 0 bridgehead atoms. The van der Waals surface area contributed by atoms with Crippen molar-refractivity contribution in [2.75, 3.05) is 33.5 Å². The average molecular weight is 749 g/mol. The molecule has 0 saturated carbocycles. The second-order valence-corrected chi connectivity index (χ2v) is 12.6. The molecule has 0 radical (unpaired) electrons. The zero-order valence-corrected chi connectivity index (χ0v) is 30.8. The summed E-state index contributed by atoms with van der Waals surface area (Å²) >= 11 is 7.54. The second-order valence-electron chi connectivity index (χ2n) is 11.2. The highest BCUT2D eigenvalue weighted by atomic mass is 35.5. The van der Waals surface area contributed by atoms with E-state index in [1.165, 1.54) is 11.7 Å². The van der Waals surface area contributed by atoms with Crippen LogP contribution in [0.25, 0.3) is 6.08 Å². The van der Waals surface area contributed by atoms with Crippen molar-refractivity contribution in [3.8, 4) is 17.2 Å². The van der Waals surface area contributed by atoms with Gasteiger partial charge in [-0.05, 0) is 87.4 Å². The number of carbonyl (C=O) groups excluding carboxylic acids is 3. The molecule has 0 unspecified atom stereocenters. The number of halogens is 1. The molecule has 3 aromatic carbocycles. The molecule has 0 spiro atoms. The second kappa shape index (κ2) is 17.2. The molecule has 1 aliphatic heterocycles. The van der Waals surface area contributed by atoms with E-state index in [0.29, 0.717) is 48.2 Å². The summed E-state index contributed by atoms with van der Waals surface area (Å²) in [6.45, 7) is 7.45. The number of esters is 3. The highest BCUT2D eigenvalue weighted by Crippen LogP contribution is 2.36. The maximum absolute atomic E-state index is 14.3. The minimum atomic E-state index is -0.932. The molecule has 0 saturated heterocycles. The largest absolute Gasteiger partial charge is 0.490 e. The minimum absolute atomic E-state index is 0.115. The predicted octanol–water partition coefficient (Wildman–Crippen LogP) is 5.16. The van der Waals surface area contributed by atoms with Gasteiger partial charge in [-0.25, -0.2) is 19.4 Å². The van der Waals surface area contributed by atoms with Crippen LogP contribution in [0, 0.1) is 0 Å². The Morgan fingerprint density at radius 1 is 0.865 bits per heavy atom. The molecule has 14 heteroatoms. The van der Waals surface area contributed by atoms with Crippen LogP contribution < -0.4 is 29.1 Å². The van der Waals surface area contributed by atoms with Crippen LogP contribution in [-0.2, 0) is 30.4 Å². The third-order valence-electron chi connectivity index (χ3n) is 7.79. The van der Waals surface area contributed by atoms with Gasteiger partial charge in [0, 0.05) is 10.6 Å². The van der Waals surface area contributed by atoms with E-state index in [1.807, 2.05) is 0 Å². The normalized spacial score (nSPS) is 13.9. The molecule has 1 aliphatic rings. The van der Waals surface area contributed by atoms with Crippen LogP contribution in [-0.4, -0.2) is 56.0 Å². The molecule has 0 fully saturated rings. The van der Waals surface area contributed by atoms with E-state index in [9.17, 15) is 19.2 Å². The smallest absolute Gasteiger partial charge is 0.343 e. The third kappa shape index (κ3) is 8.55. The molecule has 12 nitrogen and oxygen atoms in total. The lowest BCUT2D eigenvalue weighted by atomic mass is 9.95. The minimum Gasteiger partial charge on any atom is -0.490 e. The molecule has 52 heavy (non-hydrogen) atoms. The maximum atomic E-state index is 14.3. The van der Waals surface area contributed by atoms with Crippen LogP contribution in [0.2, 0.25) is 5.02 Å². The Labute approximate surface area is 308 Å². The van der Waals surface area contributed by atoms with Gasteiger partial charge in [0.1, 0.15) is 12.4 Å². The molecule has 5 rings (SSSR count). The van der Waals surface area contributed by atoms with Crippen molar-refractivity contribution in [1.82, 2.24) is 4.57 Å². The zero-order valence-electron chi connectivity index (χ0n) is 29.2. The topological polar surface area (TPSA) is 141 Å². The summed E-state index contributed by atoms with van der Waals surface area (Å²) in [4.78, 5) is 56.6. The van der Waals surface area contributed by atoms with Crippen molar-refractivity contribution < 1.29 is 42.8 Å². The van der Waals surface area contributed by atoms with Gasteiger partial charge < -0.3 is 28.4 Å². The first-order valence-electron chi connectivity index (χ1n) is 16.4. The number of methoxy groups -OCH3 is 1. The summed E-state index contributed by atoms with van der Waals surface area (Å²) in [5.74, 6) is -0.536. The summed E-state index contributed by atoms with van der Waals surface area (Å²) in [7, 11) is 1.26. The first-order valence-corrected chi connectivity index (χ1v) is 17.6. The fraction of sp³-hybridized carbons (Fsp3) is 0.289. The van der Waals surface area contributed by atoms with Crippen LogP contribution in [0.4, 0.5) is 0 Å². The van der Waals surface area contributed by atoms with Gasteiger partial charge in [0.05, 0.1) is 54.3 Å². The Morgan fingerprint density at radius 2 is 1.58 bits per heavy atom. The van der Waals surface area contributed by atoms with E-state index in [-0.39, 0.29) is 44.4 Å². The SMILES string of the molecule is CCOC(=O)C1=C(C)N=c2s/c(=C/c3cc(Cl)ccc3OCc3ccc(C(=O)OCC)cc3)c(=O)n2[C@@H]1c1ccc(OCC(=O)OC)c(OCC)c1. The Bertz CT molecular complexity index is 2190. The Kier molecular flexibility index (Phi) is 12.5. The van der Waals surface area contributed by atoms with Crippen LogP contribution in [0.3, 0.4) is 0 Å². The number of nitrogens with zero attached hydrogens (tertiary/aromatic N) is 2. The number of thiazole rings is 1. The van der Waals surface area contributed by atoms with E-state index in [1.54, 1.807) is 94.4 Å². The van der Waals surface area contributed by atoms with Crippen molar-refractivity contribution in [1.29, 1.82) is 0 Å². The summed E-state index contributed by atoms with van der Waals surface area (Å²) in [6, 6.07) is 16.0. The lowest BCUT2D eigenvalue weighted by Crippen LogP contribution is -2.40. The van der Waals surface area contributed by atoms with Gasteiger partial charge in [0.2, 0.25) is 0 Å². The number of benzene rings is 3. The highest BCUT2D eigenvalue weighted by Gasteiger charge is 2.34. The van der Waals surface area contributed by atoms with Gasteiger partial charge in [-0.3, -0.25) is 9.36 Å². The van der Waals surface area contributed by atoms with E-state index in [0.717, 1.165) is 16.9 Å². The quantitative estimate of drug-likeness (QED) is 0.126. The van der Waals surface area contributed by atoms with Gasteiger partial charge >= 0.3 is 17.9 Å². The number of allylic oxidation sites excluding steroid dienone is 1. The van der Waals surface area contributed by atoms with Crippen molar-refractivity contribution in [3.63, 3.8) is 0 Å². The first-order chi connectivity index (χ1) is 25.1. The molecular formula is C38H37ClN2O10S. The van der Waals surface area contributed by atoms with E-state index >= 15 is 0 Å². The average Bonchev–Trinajstić information content (AvgIpc) is 3.43. The van der Waals surface area contributed by atoms with Gasteiger partial charge in [-0.2, -0.15) is 0 Å². The fourth-order valence-corrected chi connectivity index (χ4v) is 6.62. The molecule has 272 valence electrons. The summed E-state index contributed by atoms with van der Waals surface area (Å²) in [5.41, 5.74) is 2.48. The van der Waals surface area contributed by atoms with Crippen molar-refractivity contribution in [2.45, 2.75) is 40.3 Å². The number of carbonyl (C=O) groups is 3. The van der Waals surface area contributed by atoms with Gasteiger partial charge in [0.15, 0.2) is 22.9 Å². The van der Waals surface area contributed by atoms with Crippen molar-refractivity contribution in [2.24, 2.45) is 4.99 Å². The van der Waals surface area contributed by atoms with Gasteiger partial charge in [-0.15, -0.1) is 0 Å². The standard InChI is InChI=1S/C38H37ClN2O10S/c1-6-47-30-18-25(13-15-29(30)51-21-32(42)46-5)34-33(37(45)49-8-3)22(4)40-38-41(34)35(43)31(52-38)19-26-17-27(39)14-16-28(26)50-20-23-9-11-24(12-10-23)36(44)48-7-2/h9-19,34H,6-8,20-21H2,1-5H3/b31-19+/t34-/m1/s1. The van der Waals surface area contributed by atoms with Crippen LogP contribution >= 0.6 is 22.9 Å². The molecule has 0 amide bonds. The summed E-state index contributed by atoms with van der Waals surface area (Å²) in [5, 5.41) is 0.432. The Morgan fingerprint density at radius 3 is 2.27 bits per heavy atom. The molecule has 0 N–H and O–H groups in total. The molecule has 1 aromatic heterocycles. The molecule has 4 aromatic rings. The van der Waals surface area contributed by atoms with Crippen LogP contribution in [0.5, 0.6) is 17.2 Å². The third-order valence-corrected chi connectivity index (χ3v) is 9.01. The lowest BCUT2D eigenvalue weighted by Gasteiger charge is -2.25. The van der Waals surface area contributed by atoms with Crippen LogP contribution in [0.1, 0.15) is 60.8 Å². The highest BCUT2D eigenvalue weighted by molar-refractivity contribution is 7.07. The zero-order chi connectivity index (χ0) is 37.4. The summed E-state index contributed by atoms with van der Waals surface area (Å²) in [6.07, 6.45) is 1.67.